The maximum Gasteiger partial charge on any atom is 0.118 e. The second kappa shape index (κ2) is 9.22. The normalized spacial score (nSPS) is 27.6. The van der Waals surface area contributed by atoms with Crippen molar-refractivity contribution >= 4 is 11.6 Å². The minimum absolute atomic E-state index is 0.328. The molecule has 1 aliphatic heterocycles. The highest BCUT2D eigenvalue weighted by Gasteiger charge is 2.45. The summed E-state index contributed by atoms with van der Waals surface area (Å²) in [7, 11) is 3.02. The summed E-state index contributed by atoms with van der Waals surface area (Å²) in [4.78, 5) is 0. The van der Waals surface area contributed by atoms with Gasteiger partial charge in [0.25, 0.3) is 0 Å². The third kappa shape index (κ3) is 4.33. The highest BCUT2D eigenvalue weighted by Crippen LogP contribution is 2.35. The number of benzene rings is 2. The van der Waals surface area contributed by atoms with E-state index in [0.29, 0.717) is 17.0 Å². The minimum Gasteiger partial charge on any atom is -0.497 e. The molecule has 0 saturated carbocycles. The zero-order chi connectivity index (χ0) is 20.3. The molecule has 6 nitrogen and oxygen atoms in total. The number of methoxy groups -OCH3 is 2. The first-order valence-electron chi connectivity index (χ1n) is 9.05. The van der Waals surface area contributed by atoms with Crippen LogP contribution in [0.2, 0.25) is 5.02 Å². The average molecular weight is 409 g/mol. The molecule has 1 fully saturated rings. The fraction of sp³-hybridized carbons (Fsp3) is 0.429. The average Bonchev–Trinajstić information content (AvgIpc) is 2.72. The number of halogens is 1. The molecule has 2 aromatic rings. The minimum atomic E-state index is -1.19. The van der Waals surface area contributed by atoms with Gasteiger partial charge in [-0.05, 0) is 41.3 Å². The third-order valence-corrected chi connectivity index (χ3v) is 5.46. The van der Waals surface area contributed by atoms with Crippen molar-refractivity contribution < 1.29 is 29.5 Å². The number of ether oxygens (including phenoxy) is 3. The van der Waals surface area contributed by atoms with Crippen LogP contribution in [-0.4, -0.2) is 60.6 Å². The summed E-state index contributed by atoms with van der Waals surface area (Å²) in [5.74, 6) is 0.777. The number of aliphatic hydroxyl groups is 3. The molecule has 2 aromatic carbocycles. The predicted octanol–water partition coefficient (Wildman–Crippen LogP) is 2.11. The lowest BCUT2D eigenvalue weighted by Gasteiger charge is -2.41. The van der Waals surface area contributed by atoms with Crippen LogP contribution in [0.15, 0.2) is 42.5 Å². The highest BCUT2D eigenvalue weighted by molar-refractivity contribution is 6.31. The first-order valence-corrected chi connectivity index (χ1v) is 9.42. The largest absolute Gasteiger partial charge is 0.497 e. The van der Waals surface area contributed by atoms with Crippen molar-refractivity contribution in [2.45, 2.75) is 36.9 Å². The first-order chi connectivity index (χ1) is 13.5. The van der Waals surface area contributed by atoms with Gasteiger partial charge in [-0.3, -0.25) is 0 Å². The molecular formula is C21H25ClO6. The SMILES string of the molecule is COc1ccc(Cc2cc([C@@H]3O[C@H](CO)[C@H](OC)[C@H](O)[C@H]3O)ccc2Cl)cc1. The number of rotatable bonds is 6. The van der Waals surface area contributed by atoms with E-state index in [9.17, 15) is 15.3 Å². The molecule has 3 rings (SSSR count). The number of aliphatic hydroxyl groups excluding tert-OH is 3. The lowest BCUT2D eigenvalue weighted by molar-refractivity contribution is -0.238. The molecule has 0 aromatic heterocycles. The van der Waals surface area contributed by atoms with E-state index in [1.165, 1.54) is 7.11 Å². The molecule has 0 aliphatic carbocycles. The summed E-state index contributed by atoms with van der Waals surface area (Å²) in [6.45, 7) is -0.328. The Balaban J connectivity index is 1.85. The van der Waals surface area contributed by atoms with E-state index < -0.39 is 30.5 Å². The van der Waals surface area contributed by atoms with Gasteiger partial charge in [0, 0.05) is 12.1 Å². The Kier molecular flexibility index (Phi) is 6.93. The van der Waals surface area contributed by atoms with E-state index in [0.717, 1.165) is 16.9 Å². The van der Waals surface area contributed by atoms with Gasteiger partial charge >= 0.3 is 0 Å². The second-order valence-corrected chi connectivity index (χ2v) is 7.24. The third-order valence-electron chi connectivity index (χ3n) is 5.09. The molecule has 1 saturated heterocycles. The van der Waals surface area contributed by atoms with Crippen LogP contribution >= 0.6 is 11.6 Å². The number of hydrogen-bond acceptors (Lipinski definition) is 6. The predicted molar refractivity (Wildman–Crippen MR) is 105 cm³/mol. The van der Waals surface area contributed by atoms with Crippen molar-refractivity contribution in [1.29, 1.82) is 0 Å². The molecular weight excluding hydrogens is 384 g/mol. The molecule has 0 radical (unpaired) electrons. The van der Waals surface area contributed by atoms with Gasteiger partial charge in [-0.15, -0.1) is 0 Å². The van der Waals surface area contributed by atoms with Crippen molar-refractivity contribution in [2.24, 2.45) is 0 Å². The molecule has 0 amide bonds. The maximum atomic E-state index is 10.5. The Morgan fingerprint density at radius 2 is 1.75 bits per heavy atom. The molecule has 0 unspecified atom stereocenters. The van der Waals surface area contributed by atoms with E-state index in [2.05, 4.69) is 0 Å². The van der Waals surface area contributed by atoms with E-state index in [-0.39, 0.29) is 6.61 Å². The molecule has 0 bridgehead atoms. The fourth-order valence-electron chi connectivity index (χ4n) is 3.52. The lowest BCUT2D eigenvalue weighted by atomic mass is 9.90. The molecule has 5 atom stereocenters. The Bertz CT molecular complexity index is 779. The zero-order valence-electron chi connectivity index (χ0n) is 15.8. The van der Waals surface area contributed by atoms with E-state index >= 15 is 0 Å². The summed E-state index contributed by atoms with van der Waals surface area (Å²) in [6, 6.07) is 13.0. The monoisotopic (exact) mass is 408 g/mol. The smallest absolute Gasteiger partial charge is 0.118 e. The summed E-state index contributed by atoms with van der Waals surface area (Å²) >= 11 is 6.37. The Morgan fingerprint density at radius 3 is 2.36 bits per heavy atom. The topological polar surface area (TPSA) is 88.4 Å². The van der Waals surface area contributed by atoms with Crippen molar-refractivity contribution in [3.8, 4) is 5.75 Å². The van der Waals surface area contributed by atoms with Crippen molar-refractivity contribution in [2.75, 3.05) is 20.8 Å². The van der Waals surface area contributed by atoms with Gasteiger partial charge < -0.3 is 29.5 Å². The number of hydrogen-bond donors (Lipinski definition) is 3. The van der Waals surface area contributed by atoms with Crippen molar-refractivity contribution in [3.63, 3.8) is 0 Å². The van der Waals surface area contributed by atoms with Crippen LogP contribution in [0, 0.1) is 0 Å². The molecule has 152 valence electrons. The summed E-state index contributed by atoms with van der Waals surface area (Å²) in [6.07, 6.45) is -4.13. The molecule has 28 heavy (non-hydrogen) atoms. The molecule has 1 aliphatic rings. The maximum absolute atomic E-state index is 10.5. The molecule has 3 N–H and O–H groups in total. The van der Waals surface area contributed by atoms with Gasteiger partial charge in [-0.1, -0.05) is 35.9 Å². The van der Waals surface area contributed by atoms with Gasteiger partial charge in [-0.25, -0.2) is 0 Å². The molecule has 1 heterocycles. The van der Waals surface area contributed by atoms with Gasteiger partial charge in [0.15, 0.2) is 0 Å². The van der Waals surface area contributed by atoms with Crippen LogP contribution in [0.5, 0.6) is 5.75 Å². The van der Waals surface area contributed by atoms with Crippen LogP contribution in [0.25, 0.3) is 0 Å². The van der Waals surface area contributed by atoms with Crippen molar-refractivity contribution in [3.05, 3.63) is 64.2 Å². The van der Waals surface area contributed by atoms with Gasteiger partial charge in [0.05, 0.1) is 13.7 Å². The first kappa shape index (κ1) is 21.0. The zero-order valence-corrected chi connectivity index (χ0v) is 16.5. The van der Waals surface area contributed by atoms with Crippen LogP contribution in [0.1, 0.15) is 22.8 Å². The highest BCUT2D eigenvalue weighted by atomic mass is 35.5. The summed E-state index contributed by atoms with van der Waals surface area (Å²) in [5, 5.41) is 31.1. The Labute approximate surface area is 169 Å². The Hall–Kier alpha value is -1.67. The van der Waals surface area contributed by atoms with E-state index in [1.807, 2.05) is 30.3 Å². The van der Waals surface area contributed by atoms with Crippen LogP contribution in [0.4, 0.5) is 0 Å². The van der Waals surface area contributed by atoms with E-state index in [1.54, 1.807) is 19.2 Å². The second-order valence-electron chi connectivity index (χ2n) is 6.83. The van der Waals surface area contributed by atoms with E-state index in [4.69, 9.17) is 25.8 Å². The Morgan fingerprint density at radius 1 is 1.04 bits per heavy atom. The van der Waals surface area contributed by atoms with Crippen LogP contribution in [0.3, 0.4) is 0 Å². The standard InChI is InChI=1S/C21H25ClO6/c1-26-15-6-3-12(4-7-15)9-14-10-13(5-8-16(14)22)20-18(24)19(25)21(27-2)17(11-23)28-20/h3-8,10,17-21,23-25H,9,11H2,1-2H3/t17-,18-,19-,20+,21+/m1/s1. The fourth-order valence-corrected chi connectivity index (χ4v) is 3.71. The van der Waals surface area contributed by atoms with Crippen molar-refractivity contribution in [1.82, 2.24) is 0 Å². The van der Waals surface area contributed by atoms with Crippen LogP contribution in [-0.2, 0) is 15.9 Å². The molecule has 7 heteroatoms. The summed E-state index contributed by atoms with van der Waals surface area (Å²) < 4.78 is 16.2. The van der Waals surface area contributed by atoms with Gasteiger partial charge in [0.1, 0.15) is 36.3 Å². The van der Waals surface area contributed by atoms with Gasteiger partial charge in [0.2, 0.25) is 0 Å². The van der Waals surface area contributed by atoms with Crippen LogP contribution < -0.4 is 4.74 Å². The summed E-state index contributed by atoms with van der Waals surface area (Å²) in [5.41, 5.74) is 2.59. The quantitative estimate of drug-likeness (QED) is 0.678. The lowest BCUT2D eigenvalue weighted by Crippen LogP contribution is -2.56. The van der Waals surface area contributed by atoms with Gasteiger partial charge in [-0.2, -0.15) is 0 Å². The molecule has 0 spiro atoms.